The summed E-state index contributed by atoms with van der Waals surface area (Å²) in [4.78, 5) is 0. The zero-order chi connectivity index (χ0) is 14.4. The van der Waals surface area contributed by atoms with Crippen LogP contribution in [0.15, 0.2) is 48.1 Å². The van der Waals surface area contributed by atoms with Gasteiger partial charge in [0.2, 0.25) is 0 Å². The average molecular weight is 265 g/mol. The van der Waals surface area contributed by atoms with Gasteiger partial charge in [-0.2, -0.15) is 5.26 Å². The normalized spacial score (nSPS) is 22.4. The van der Waals surface area contributed by atoms with Crippen LogP contribution in [-0.4, -0.2) is 0 Å². The molecule has 0 N–H and O–H groups in total. The molecule has 0 bridgehead atoms. The first kappa shape index (κ1) is 14.6. The number of benzene rings is 1. The van der Waals surface area contributed by atoms with Crippen LogP contribution in [0, 0.1) is 17.2 Å². The molecule has 0 atom stereocenters. The Kier molecular flexibility index (Phi) is 5.18. The van der Waals surface area contributed by atoms with E-state index in [9.17, 15) is 0 Å². The van der Waals surface area contributed by atoms with Crippen molar-refractivity contribution in [3.05, 3.63) is 59.2 Å². The van der Waals surface area contributed by atoms with Crippen molar-refractivity contribution >= 4 is 0 Å². The first-order chi connectivity index (χ1) is 9.69. The molecule has 0 aromatic heterocycles. The molecule has 104 valence electrons. The second-order valence-corrected chi connectivity index (χ2v) is 5.97. The lowest BCUT2D eigenvalue weighted by atomic mass is 9.78. The van der Waals surface area contributed by atoms with Crippen LogP contribution >= 0.6 is 0 Å². The van der Waals surface area contributed by atoms with Crippen molar-refractivity contribution < 1.29 is 0 Å². The molecule has 0 aliphatic heterocycles. The predicted octanol–water partition coefficient (Wildman–Crippen LogP) is 5.35. The Balaban J connectivity index is 1.89. The highest BCUT2D eigenvalue weighted by Gasteiger charge is 2.20. The van der Waals surface area contributed by atoms with Crippen LogP contribution < -0.4 is 0 Å². The molecule has 1 heteroatoms. The minimum absolute atomic E-state index is 0.677. The van der Waals surface area contributed by atoms with E-state index in [1.807, 2.05) is 12.1 Å². The van der Waals surface area contributed by atoms with Gasteiger partial charge in [-0.3, -0.25) is 0 Å². The summed E-state index contributed by atoms with van der Waals surface area (Å²) in [7, 11) is 0. The Morgan fingerprint density at radius 1 is 1.10 bits per heavy atom. The van der Waals surface area contributed by atoms with Crippen molar-refractivity contribution in [1.29, 1.82) is 5.26 Å². The first-order valence-electron chi connectivity index (χ1n) is 7.51. The second kappa shape index (κ2) is 7.10. The van der Waals surface area contributed by atoms with Gasteiger partial charge >= 0.3 is 0 Å². The van der Waals surface area contributed by atoms with Crippen molar-refractivity contribution in [2.45, 2.75) is 45.4 Å². The monoisotopic (exact) mass is 265 g/mol. The number of rotatable bonds is 3. The maximum absolute atomic E-state index is 8.83. The van der Waals surface area contributed by atoms with E-state index in [2.05, 4.69) is 50.3 Å². The van der Waals surface area contributed by atoms with Gasteiger partial charge in [-0.25, -0.2) is 0 Å². The van der Waals surface area contributed by atoms with E-state index < -0.39 is 0 Å². The SMILES string of the molecule is CC(C)=C/C=C/C1CCC(c2ccc(C#N)cc2)CC1. The quantitative estimate of drug-likeness (QED) is 0.675. The fourth-order valence-corrected chi connectivity index (χ4v) is 2.88. The molecule has 0 unspecified atom stereocenters. The minimum atomic E-state index is 0.677. The molecule has 1 fully saturated rings. The summed E-state index contributed by atoms with van der Waals surface area (Å²) >= 11 is 0. The third kappa shape index (κ3) is 4.10. The maximum Gasteiger partial charge on any atom is 0.0991 e. The molecular weight excluding hydrogens is 242 g/mol. The molecule has 2 rings (SSSR count). The van der Waals surface area contributed by atoms with Gasteiger partial charge in [-0.15, -0.1) is 0 Å². The Bertz CT molecular complexity index is 516. The third-order valence-corrected chi connectivity index (χ3v) is 4.10. The van der Waals surface area contributed by atoms with Crippen molar-refractivity contribution in [3.63, 3.8) is 0 Å². The Labute approximate surface area is 122 Å². The Morgan fingerprint density at radius 3 is 2.30 bits per heavy atom. The van der Waals surface area contributed by atoms with Crippen LogP contribution in [0.2, 0.25) is 0 Å². The summed E-state index contributed by atoms with van der Waals surface area (Å²) in [5.41, 5.74) is 3.51. The molecule has 0 heterocycles. The number of allylic oxidation sites excluding steroid dienone is 4. The summed E-state index contributed by atoms with van der Waals surface area (Å²) in [6.45, 7) is 4.26. The topological polar surface area (TPSA) is 23.8 Å². The molecule has 0 spiro atoms. The molecule has 0 amide bonds. The van der Waals surface area contributed by atoms with E-state index in [-0.39, 0.29) is 0 Å². The van der Waals surface area contributed by atoms with E-state index in [1.54, 1.807) is 0 Å². The molecule has 1 saturated carbocycles. The van der Waals surface area contributed by atoms with Gasteiger partial charge in [-0.05, 0) is 69.1 Å². The fraction of sp³-hybridized carbons (Fsp3) is 0.421. The number of nitrogens with zero attached hydrogens (tertiary/aromatic N) is 1. The molecule has 1 aromatic carbocycles. The number of nitriles is 1. The highest BCUT2D eigenvalue weighted by atomic mass is 14.3. The van der Waals surface area contributed by atoms with Gasteiger partial charge in [0.05, 0.1) is 11.6 Å². The summed E-state index contributed by atoms with van der Waals surface area (Å²) in [5, 5.41) is 8.83. The lowest BCUT2D eigenvalue weighted by molar-refractivity contribution is 0.376. The standard InChI is InChI=1S/C19H23N/c1-15(2)4-3-5-16-6-10-18(11-7-16)19-12-8-17(14-20)9-13-19/h3-5,8-9,12-13,16,18H,6-7,10-11H2,1-2H3/b5-3+. The second-order valence-electron chi connectivity index (χ2n) is 5.97. The summed E-state index contributed by atoms with van der Waals surface area (Å²) in [6, 6.07) is 10.3. The number of hydrogen-bond acceptors (Lipinski definition) is 1. The fourth-order valence-electron chi connectivity index (χ4n) is 2.88. The number of hydrogen-bond donors (Lipinski definition) is 0. The van der Waals surface area contributed by atoms with E-state index in [0.29, 0.717) is 5.92 Å². The molecule has 1 aliphatic rings. The Hall–Kier alpha value is -1.81. The maximum atomic E-state index is 8.83. The predicted molar refractivity (Wildman–Crippen MR) is 84.4 cm³/mol. The Morgan fingerprint density at radius 2 is 1.75 bits per heavy atom. The average Bonchev–Trinajstić information content (AvgIpc) is 2.48. The van der Waals surface area contributed by atoms with Gasteiger partial charge in [0.15, 0.2) is 0 Å². The van der Waals surface area contributed by atoms with E-state index in [0.717, 1.165) is 11.5 Å². The van der Waals surface area contributed by atoms with Crippen LogP contribution in [0.3, 0.4) is 0 Å². The molecule has 1 nitrogen and oxygen atoms in total. The van der Waals surface area contributed by atoms with Crippen molar-refractivity contribution in [3.8, 4) is 6.07 Å². The van der Waals surface area contributed by atoms with Crippen molar-refractivity contribution in [1.82, 2.24) is 0 Å². The van der Waals surface area contributed by atoms with Crippen LogP contribution in [0.1, 0.15) is 56.6 Å². The van der Waals surface area contributed by atoms with Gasteiger partial charge in [0, 0.05) is 0 Å². The molecule has 1 aliphatic carbocycles. The highest BCUT2D eigenvalue weighted by Crippen LogP contribution is 2.36. The summed E-state index contributed by atoms with van der Waals surface area (Å²) in [6.07, 6.45) is 11.8. The highest BCUT2D eigenvalue weighted by molar-refractivity contribution is 5.33. The lowest BCUT2D eigenvalue weighted by Gasteiger charge is -2.27. The van der Waals surface area contributed by atoms with Gasteiger partial charge in [0.1, 0.15) is 0 Å². The lowest BCUT2D eigenvalue weighted by Crippen LogP contribution is -2.11. The van der Waals surface area contributed by atoms with Crippen LogP contribution in [-0.2, 0) is 0 Å². The van der Waals surface area contributed by atoms with Gasteiger partial charge in [0.25, 0.3) is 0 Å². The van der Waals surface area contributed by atoms with Crippen LogP contribution in [0.25, 0.3) is 0 Å². The molecule has 1 aromatic rings. The summed E-state index contributed by atoms with van der Waals surface area (Å²) < 4.78 is 0. The molecular formula is C19H23N. The summed E-state index contributed by atoms with van der Waals surface area (Å²) in [5.74, 6) is 1.41. The van der Waals surface area contributed by atoms with E-state index in [4.69, 9.17) is 5.26 Å². The van der Waals surface area contributed by atoms with Crippen LogP contribution in [0.4, 0.5) is 0 Å². The zero-order valence-electron chi connectivity index (χ0n) is 12.5. The largest absolute Gasteiger partial charge is 0.192 e. The third-order valence-electron chi connectivity index (χ3n) is 4.10. The smallest absolute Gasteiger partial charge is 0.0991 e. The van der Waals surface area contributed by atoms with E-state index >= 15 is 0 Å². The zero-order valence-corrected chi connectivity index (χ0v) is 12.5. The minimum Gasteiger partial charge on any atom is -0.192 e. The van der Waals surface area contributed by atoms with Crippen LogP contribution in [0.5, 0.6) is 0 Å². The van der Waals surface area contributed by atoms with Crippen molar-refractivity contribution in [2.24, 2.45) is 5.92 Å². The molecule has 0 saturated heterocycles. The first-order valence-corrected chi connectivity index (χ1v) is 7.51. The molecule has 20 heavy (non-hydrogen) atoms. The van der Waals surface area contributed by atoms with Gasteiger partial charge in [-0.1, -0.05) is 35.9 Å². The van der Waals surface area contributed by atoms with E-state index in [1.165, 1.54) is 36.8 Å². The molecule has 0 radical (unpaired) electrons. The van der Waals surface area contributed by atoms with Crippen molar-refractivity contribution in [2.75, 3.05) is 0 Å². The van der Waals surface area contributed by atoms with Gasteiger partial charge < -0.3 is 0 Å².